The molecule has 1 aliphatic rings. The molecule has 0 atom stereocenters. The van der Waals surface area contributed by atoms with Gasteiger partial charge in [-0.1, -0.05) is 0 Å². The molecule has 19 heavy (non-hydrogen) atoms. The third kappa shape index (κ3) is 3.27. The summed E-state index contributed by atoms with van der Waals surface area (Å²) in [6.45, 7) is 2.55. The van der Waals surface area contributed by atoms with Crippen LogP contribution in [-0.4, -0.2) is 36.0 Å². The Morgan fingerprint density at radius 1 is 1.53 bits per heavy atom. The second-order valence-corrected chi connectivity index (χ2v) is 4.96. The van der Waals surface area contributed by atoms with Crippen molar-refractivity contribution in [1.29, 1.82) is 0 Å². The SMILES string of the molecule is CN1CCN=C1NCc1csc(-c2ccco2)n1.I. The molecule has 2 aromatic rings. The molecule has 0 fully saturated rings. The molecule has 7 heteroatoms. The van der Waals surface area contributed by atoms with Gasteiger partial charge in [0, 0.05) is 19.0 Å². The summed E-state index contributed by atoms with van der Waals surface area (Å²) in [5, 5.41) is 6.25. The number of furan rings is 1. The Morgan fingerprint density at radius 2 is 2.42 bits per heavy atom. The molecule has 0 aliphatic carbocycles. The average Bonchev–Trinajstić information content (AvgIpc) is 3.08. The fourth-order valence-corrected chi connectivity index (χ4v) is 2.58. The van der Waals surface area contributed by atoms with Crippen LogP contribution in [0.25, 0.3) is 10.8 Å². The Balaban J connectivity index is 0.00000133. The van der Waals surface area contributed by atoms with Crippen LogP contribution in [0.15, 0.2) is 33.2 Å². The van der Waals surface area contributed by atoms with Crippen LogP contribution in [0.1, 0.15) is 5.69 Å². The first-order valence-corrected chi connectivity index (χ1v) is 6.68. The van der Waals surface area contributed by atoms with Crippen molar-refractivity contribution in [3.05, 3.63) is 29.5 Å². The van der Waals surface area contributed by atoms with Gasteiger partial charge in [-0.3, -0.25) is 4.99 Å². The number of halogens is 1. The van der Waals surface area contributed by atoms with Gasteiger partial charge in [0.2, 0.25) is 0 Å². The summed E-state index contributed by atoms with van der Waals surface area (Å²) in [5.41, 5.74) is 1.01. The van der Waals surface area contributed by atoms with Crippen molar-refractivity contribution in [1.82, 2.24) is 15.2 Å². The molecular weight excluding hydrogens is 375 g/mol. The van der Waals surface area contributed by atoms with Crippen LogP contribution >= 0.6 is 35.3 Å². The Kier molecular flexibility index (Phi) is 4.81. The van der Waals surface area contributed by atoms with Crippen molar-refractivity contribution in [2.45, 2.75) is 6.54 Å². The molecule has 0 aromatic carbocycles. The fraction of sp³-hybridized carbons (Fsp3) is 0.333. The lowest BCUT2D eigenvalue weighted by Crippen LogP contribution is -2.35. The molecule has 0 saturated carbocycles. The normalized spacial score (nSPS) is 14.2. The molecule has 0 bridgehead atoms. The summed E-state index contributed by atoms with van der Waals surface area (Å²) in [6, 6.07) is 3.79. The number of aliphatic imine (C=N–C) groups is 1. The summed E-state index contributed by atoms with van der Waals surface area (Å²) in [6.07, 6.45) is 1.66. The van der Waals surface area contributed by atoms with Crippen molar-refractivity contribution in [3.8, 4) is 10.8 Å². The van der Waals surface area contributed by atoms with Gasteiger partial charge in [0.05, 0.1) is 25.0 Å². The number of nitrogens with zero attached hydrogens (tertiary/aromatic N) is 3. The smallest absolute Gasteiger partial charge is 0.194 e. The average molecular weight is 390 g/mol. The van der Waals surface area contributed by atoms with Crippen LogP contribution in [-0.2, 0) is 6.54 Å². The van der Waals surface area contributed by atoms with E-state index in [0.29, 0.717) is 6.54 Å². The maximum Gasteiger partial charge on any atom is 0.194 e. The van der Waals surface area contributed by atoms with E-state index < -0.39 is 0 Å². The molecule has 102 valence electrons. The van der Waals surface area contributed by atoms with E-state index in [9.17, 15) is 0 Å². The Bertz CT molecular complexity index is 552. The molecule has 2 aromatic heterocycles. The summed E-state index contributed by atoms with van der Waals surface area (Å²) in [5.74, 6) is 1.77. The number of aromatic nitrogens is 1. The minimum Gasteiger partial charge on any atom is -0.462 e. The van der Waals surface area contributed by atoms with Crippen LogP contribution < -0.4 is 5.32 Å². The lowest BCUT2D eigenvalue weighted by molar-refractivity contribution is 0.533. The van der Waals surface area contributed by atoms with Gasteiger partial charge in [-0.15, -0.1) is 35.3 Å². The van der Waals surface area contributed by atoms with E-state index >= 15 is 0 Å². The number of rotatable bonds is 3. The van der Waals surface area contributed by atoms with Gasteiger partial charge in [-0.25, -0.2) is 4.98 Å². The Morgan fingerprint density at radius 3 is 3.11 bits per heavy atom. The lowest BCUT2D eigenvalue weighted by atomic mass is 10.4. The Hall–Kier alpha value is -1.09. The highest BCUT2D eigenvalue weighted by molar-refractivity contribution is 14.0. The zero-order valence-corrected chi connectivity index (χ0v) is 13.6. The summed E-state index contributed by atoms with van der Waals surface area (Å²) in [4.78, 5) is 11.0. The molecule has 3 rings (SSSR count). The van der Waals surface area contributed by atoms with Gasteiger partial charge in [0.25, 0.3) is 0 Å². The van der Waals surface area contributed by atoms with Crippen molar-refractivity contribution >= 4 is 41.3 Å². The predicted octanol–water partition coefficient (Wildman–Crippen LogP) is 2.41. The molecule has 0 unspecified atom stereocenters. The van der Waals surface area contributed by atoms with Crippen LogP contribution in [0.5, 0.6) is 0 Å². The fourth-order valence-electron chi connectivity index (χ4n) is 1.79. The van der Waals surface area contributed by atoms with Gasteiger partial charge in [-0.2, -0.15) is 0 Å². The minimum absolute atomic E-state index is 0. The maximum absolute atomic E-state index is 5.32. The largest absolute Gasteiger partial charge is 0.462 e. The highest BCUT2D eigenvalue weighted by Gasteiger charge is 2.12. The van der Waals surface area contributed by atoms with Gasteiger partial charge < -0.3 is 14.6 Å². The van der Waals surface area contributed by atoms with Crippen LogP contribution in [0.2, 0.25) is 0 Å². The summed E-state index contributed by atoms with van der Waals surface area (Å²) >= 11 is 1.59. The third-order valence-corrected chi connectivity index (χ3v) is 3.68. The number of hydrogen-bond acceptors (Lipinski definition) is 6. The lowest BCUT2D eigenvalue weighted by Gasteiger charge is -2.14. The molecule has 5 nitrogen and oxygen atoms in total. The standard InChI is InChI=1S/C12H14N4OS.HI/c1-16-5-4-13-12(16)14-7-9-8-18-11(15-9)10-3-2-6-17-10;/h2-3,6,8H,4-5,7H2,1H3,(H,13,14);1H. The number of thiazole rings is 1. The van der Waals surface area contributed by atoms with Crippen LogP contribution in [0, 0.1) is 0 Å². The molecule has 1 aliphatic heterocycles. The van der Waals surface area contributed by atoms with Gasteiger partial charge in [-0.05, 0) is 12.1 Å². The number of hydrogen-bond donors (Lipinski definition) is 1. The number of likely N-dealkylation sites (N-methyl/N-ethyl adjacent to an activating group) is 1. The second kappa shape index (κ2) is 6.38. The third-order valence-electron chi connectivity index (χ3n) is 2.77. The van der Waals surface area contributed by atoms with Crippen molar-refractivity contribution in [2.75, 3.05) is 20.1 Å². The van der Waals surface area contributed by atoms with E-state index in [1.807, 2.05) is 24.6 Å². The van der Waals surface area contributed by atoms with Crippen molar-refractivity contribution in [3.63, 3.8) is 0 Å². The highest BCUT2D eigenvalue weighted by Crippen LogP contribution is 2.23. The summed E-state index contributed by atoms with van der Waals surface area (Å²) < 4.78 is 5.32. The van der Waals surface area contributed by atoms with Crippen LogP contribution in [0.3, 0.4) is 0 Å². The van der Waals surface area contributed by atoms with Gasteiger partial charge in [0.1, 0.15) is 0 Å². The van der Waals surface area contributed by atoms with Crippen molar-refractivity contribution < 1.29 is 4.42 Å². The molecule has 0 saturated heterocycles. The summed E-state index contributed by atoms with van der Waals surface area (Å²) in [7, 11) is 2.04. The zero-order chi connectivity index (χ0) is 12.4. The molecule has 0 amide bonds. The van der Waals surface area contributed by atoms with E-state index in [2.05, 4.69) is 20.2 Å². The molecular formula is C12H15IN4OS. The predicted molar refractivity (Wildman–Crippen MR) is 87.0 cm³/mol. The first-order chi connectivity index (χ1) is 8.83. The van der Waals surface area contributed by atoms with Gasteiger partial charge >= 0.3 is 0 Å². The molecule has 0 radical (unpaired) electrons. The van der Waals surface area contributed by atoms with Crippen molar-refractivity contribution in [2.24, 2.45) is 4.99 Å². The second-order valence-electron chi connectivity index (χ2n) is 4.10. The van der Waals surface area contributed by atoms with E-state index in [1.165, 1.54) is 0 Å². The monoisotopic (exact) mass is 390 g/mol. The first-order valence-electron chi connectivity index (χ1n) is 5.80. The van der Waals surface area contributed by atoms with E-state index in [-0.39, 0.29) is 24.0 Å². The maximum atomic E-state index is 5.32. The molecule has 1 N–H and O–H groups in total. The van der Waals surface area contributed by atoms with E-state index in [4.69, 9.17) is 4.42 Å². The number of guanidine groups is 1. The van der Waals surface area contributed by atoms with E-state index in [1.54, 1.807) is 17.6 Å². The Labute approximate surface area is 132 Å². The number of nitrogens with one attached hydrogen (secondary N) is 1. The molecule has 0 spiro atoms. The minimum atomic E-state index is 0. The zero-order valence-electron chi connectivity index (χ0n) is 10.5. The highest BCUT2D eigenvalue weighted by atomic mass is 127. The van der Waals surface area contributed by atoms with E-state index in [0.717, 1.165) is 35.5 Å². The first kappa shape index (κ1) is 14.3. The topological polar surface area (TPSA) is 53.7 Å². The van der Waals surface area contributed by atoms with Crippen LogP contribution in [0.4, 0.5) is 0 Å². The quantitative estimate of drug-likeness (QED) is 0.818. The molecule has 3 heterocycles. The van der Waals surface area contributed by atoms with Gasteiger partial charge in [0.15, 0.2) is 16.7 Å².